The van der Waals surface area contributed by atoms with E-state index in [4.69, 9.17) is 0 Å². The number of hydrogen-bond acceptors (Lipinski definition) is 5. The van der Waals surface area contributed by atoms with Gasteiger partial charge in [-0.2, -0.15) is 4.98 Å². The van der Waals surface area contributed by atoms with E-state index in [1.807, 2.05) is 24.3 Å². The molecule has 3 rings (SSSR count). The zero-order valence-electron chi connectivity index (χ0n) is 10.6. The predicted octanol–water partition coefficient (Wildman–Crippen LogP) is 4.83. The fraction of sp³-hybridized carbons (Fsp3) is 0.0769. The van der Waals surface area contributed by atoms with Gasteiger partial charge >= 0.3 is 0 Å². The third-order valence-corrected chi connectivity index (χ3v) is 5.14. The van der Waals surface area contributed by atoms with E-state index in [0.29, 0.717) is 11.1 Å². The number of rotatable bonds is 4. The summed E-state index contributed by atoms with van der Waals surface area (Å²) < 4.78 is 2.26. The van der Waals surface area contributed by atoms with Crippen LogP contribution in [0.1, 0.15) is 5.56 Å². The van der Waals surface area contributed by atoms with Gasteiger partial charge in [0, 0.05) is 5.69 Å². The highest BCUT2D eigenvalue weighted by Gasteiger charge is 2.07. The van der Waals surface area contributed by atoms with Crippen LogP contribution in [0.3, 0.4) is 0 Å². The zero-order valence-corrected chi connectivity index (χ0v) is 13.8. The van der Waals surface area contributed by atoms with Gasteiger partial charge in [0.2, 0.25) is 11.1 Å². The minimum absolute atomic E-state index is 0.645. The molecule has 3 aromatic rings. The number of H-pyrrole nitrogens is 1. The quantitative estimate of drug-likeness (QED) is 0.693. The third kappa shape index (κ3) is 3.41. The Hall–Kier alpha value is -1.31. The molecule has 0 aliphatic rings. The van der Waals surface area contributed by atoms with Crippen molar-refractivity contribution in [1.29, 1.82) is 0 Å². The maximum Gasteiger partial charge on any atom is 0.223 e. The second-order valence-electron chi connectivity index (χ2n) is 4.12. The van der Waals surface area contributed by atoms with Crippen LogP contribution in [0.15, 0.2) is 49.6 Å². The largest absolute Gasteiger partial charge is 0.325 e. The number of nitrogens with zero attached hydrogens (tertiary/aromatic N) is 2. The summed E-state index contributed by atoms with van der Waals surface area (Å²) in [5, 5.41) is 11.0. The number of thiophene rings is 1. The molecule has 4 nitrogen and oxygen atoms in total. The van der Waals surface area contributed by atoms with Crippen molar-refractivity contribution in [3.05, 3.63) is 45.7 Å². The van der Waals surface area contributed by atoms with Crippen LogP contribution in [0.4, 0.5) is 11.6 Å². The first-order chi connectivity index (χ1) is 9.69. The van der Waals surface area contributed by atoms with Gasteiger partial charge in [-0.25, -0.2) is 5.10 Å². The molecule has 0 atom stereocenters. The molecular formula is C13H11BrN4S2. The van der Waals surface area contributed by atoms with Crippen molar-refractivity contribution in [2.75, 3.05) is 5.32 Å². The van der Waals surface area contributed by atoms with Crippen LogP contribution >= 0.6 is 39.0 Å². The summed E-state index contributed by atoms with van der Waals surface area (Å²) in [5.74, 6) is 0.645. The van der Waals surface area contributed by atoms with Crippen molar-refractivity contribution in [1.82, 2.24) is 15.2 Å². The lowest BCUT2D eigenvalue weighted by Crippen LogP contribution is -1.92. The van der Waals surface area contributed by atoms with Gasteiger partial charge < -0.3 is 5.32 Å². The molecule has 0 unspecified atom stereocenters. The summed E-state index contributed by atoms with van der Waals surface area (Å²) in [4.78, 5) is 4.41. The first kappa shape index (κ1) is 13.7. The number of hydrogen-bond donors (Lipinski definition) is 2. The number of anilines is 2. The number of halogens is 1. The Labute approximate surface area is 133 Å². The molecule has 7 heteroatoms. The van der Waals surface area contributed by atoms with Gasteiger partial charge in [-0.1, -0.05) is 17.7 Å². The van der Waals surface area contributed by atoms with Crippen molar-refractivity contribution >= 4 is 50.7 Å². The predicted molar refractivity (Wildman–Crippen MR) is 87.0 cm³/mol. The molecule has 0 radical (unpaired) electrons. The van der Waals surface area contributed by atoms with E-state index in [1.165, 1.54) is 17.3 Å². The third-order valence-electron chi connectivity index (χ3n) is 2.52. The maximum atomic E-state index is 4.41. The van der Waals surface area contributed by atoms with Gasteiger partial charge in [0.15, 0.2) is 0 Å². The van der Waals surface area contributed by atoms with Crippen LogP contribution in [-0.2, 0) is 0 Å². The normalized spacial score (nSPS) is 10.7. The molecule has 0 saturated carbocycles. The highest BCUT2D eigenvalue weighted by Crippen LogP contribution is 2.34. The topological polar surface area (TPSA) is 53.6 Å². The minimum atomic E-state index is 0.645. The molecule has 20 heavy (non-hydrogen) atoms. The number of nitrogens with one attached hydrogen (secondary N) is 2. The van der Waals surface area contributed by atoms with Crippen LogP contribution < -0.4 is 5.32 Å². The summed E-state index contributed by atoms with van der Waals surface area (Å²) >= 11 is 6.65. The number of aromatic nitrogens is 3. The van der Waals surface area contributed by atoms with E-state index in [-0.39, 0.29) is 0 Å². The molecule has 0 amide bonds. The molecule has 0 bridgehead atoms. The lowest BCUT2D eigenvalue weighted by Gasteiger charge is -2.01. The molecule has 0 spiro atoms. The Kier molecular flexibility index (Phi) is 4.09. The lowest BCUT2D eigenvalue weighted by atomic mass is 10.2. The van der Waals surface area contributed by atoms with Crippen molar-refractivity contribution in [2.45, 2.75) is 16.3 Å². The average Bonchev–Trinajstić information content (AvgIpc) is 3.02. The van der Waals surface area contributed by atoms with E-state index in [9.17, 15) is 0 Å². The summed E-state index contributed by atoms with van der Waals surface area (Å²) in [7, 11) is 0. The van der Waals surface area contributed by atoms with Gasteiger partial charge in [-0.15, -0.1) is 16.4 Å². The summed E-state index contributed by atoms with van der Waals surface area (Å²) in [6, 6.07) is 12.2. The lowest BCUT2D eigenvalue weighted by molar-refractivity contribution is 0.975. The maximum absolute atomic E-state index is 4.41. The first-order valence-electron chi connectivity index (χ1n) is 5.88. The molecule has 0 saturated heterocycles. The summed E-state index contributed by atoms with van der Waals surface area (Å²) in [6.45, 7) is 2.06. The standard InChI is InChI=1S/C13H11BrN4S2/c1-8-2-4-9(5-3-8)15-12-16-13(18-17-12)20-11-7-6-10(14)19-11/h2-7H,1H3,(H2,15,16,17,18). The van der Waals surface area contributed by atoms with Gasteiger partial charge in [-0.3, -0.25) is 0 Å². The van der Waals surface area contributed by atoms with Crippen LogP contribution in [0.25, 0.3) is 0 Å². The summed E-state index contributed by atoms with van der Waals surface area (Å²) in [6.07, 6.45) is 0. The molecule has 2 N–H and O–H groups in total. The molecular weight excluding hydrogens is 356 g/mol. The van der Waals surface area contributed by atoms with E-state index < -0.39 is 0 Å². The second kappa shape index (κ2) is 5.99. The number of aryl methyl sites for hydroxylation is 1. The average molecular weight is 367 g/mol. The van der Waals surface area contributed by atoms with Gasteiger partial charge in [0.05, 0.1) is 8.00 Å². The highest BCUT2D eigenvalue weighted by molar-refractivity contribution is 9.11. The molecule has 2 heterocycles. The monoisotopic (exact) mass is 366 g/mol. The van der Waals surface area contributed by atoms with Gasteiger partial charge in [0.1, 0.15) is 0 Å². The zero-order chi connectivity index (χ0) is 13.9. The summed E-state index contributed by atoms with van der Waals surface area (Å²) in [5.41, 5.74) is 2.22. The van der Waals surface area contributed by atoms with E-state index in [0.717, 1.165) is 13.7 Å². The van der Waals surface area contributed by atoms with E-state index in [1.54, 1.807) is 11.3 Å². The van der Waals surface area contributed by atoms with Crippen molar-refractivity contribution in [3.63, 3.8) is 0 Å². The second-order valence-corrected chi connectivity index (χ2v) is 7.85. The molecule has 1 aromatic carbocycles. The van der Waals surface area contributed by atoms with Crippen LogP contribution in [0, 0.1) is 6.92 Å². The molecule has 2 aromatic heterocycles. The van der Waals surface area contributed by atoms with E-state index in [2.05, 4.69) is 55.5 Å². The van der Waals surface area contributed by atoms with Gasteiger partial charge in [0.25, 0.3) is 0 Å². The highest BCUT2D eigenvalue weighted by atomic mass is 79.9. The molecule has 0 fully saturated rings. The van der Waals surface area contributed by atoms with Crippen molar-refractivity contribution in [2.24, 2.45) is 0 Å². The minimum Gasteiger partial charge on any atom is -0.325 e. The van der Waals surface area contributed by atoms with Crippen LogP contribution in [0.2, 0.25) is 0 Å². The fourth-order valence-corrected chi connectivity index (χ4v) is 4.21. The Morgan fingerprint density at radius 1 is 1.20 bits per heavy atom. The van der Waals surface area contributed by atoms with Crippen LogP contribution in [-0.4, -0.2) is 15.2 Å². The SMILES string of the molecule is Cc1ccc(Nc2nc(Sc3ccc(Br)s3)n[nH]2)cc1. The molecule has 102 valence electrons. The van der Waals surface area contributed by atoms with Crippen molar-refractivity contribution < 1.29 is 0 Å². The molecule has 0 aliphatic heterocycles. The Morgan fingerprint density at radius 3 is 2.70 bits per heavy atom. The fourth-order valence-electron chi connectivity index (χ4n) is 1.56. The first-order valence-corrected chi connectivity index (χ1v) is 8.31. The number of benzene rings is 1. The smallest absolute Gasteiger partial charge is 0.223 e. The van der Waals surface area contributed by atoms with E-state index >= 15 is 0 Å². The Morgan fingerprint density at radius 2 is 2.00 bits per heavy atom. The number of aromatic amines is 1. The van der Waals surface area contributed by atoms with Crippen molar-refractivity contribution in [3.8, 4) is 0 Å². The Balaban J connectivity index is 1.68. The molecule has 0 aliphatic carbocycles. The van der Waals surface area contributed by atoms with Crippen LogP contribution in [0.5, 0.6) is 0 Å². The van der Waals surface area contributed by atoms with Gasteiger partial charge in [-0.05, 0) is 58.9 Å². The Bertz CT molecular complexity index is 705.